The van der Waals surface area contributed by atoms with Crippen LogP contribution in [0.5, 0.6) is 0 Å². The normalized spacial score (nSPS) is 13.2. The van der Waals surface area contributed by atoms with Gasteiger partial charge in [0.1, 0.15) is 5.92 Å². The zero-order valence-electron chi connectivity index (χ0n) is 10.5. The molecule has 0 aromatic carbocycles. The van der Waals surface area contributed by atoms with Crippen molar-refractivity contribution < 1.29 is 14.3 Å². The van der Waals surface area contributed by atoms with Crippen molar-refractivity contribution in [3.63, 3.8) is 0 Å². The van der Waals surface area contributed by atoms with Crippen LogP contribution < -0.4 is 0 Å². The van der Waals surface area contributed by atoms with Gasteiger partial charge in [-0.15, -0.1) is 0 Å². The van der Waals surface area contributed by atoms with Crippen LogP contribution in [0.15, 0.2) is 0 Å². The molecule has 0 bridgehead atoms. The zero-order valence-corrected chi connectivity index (χ0v) is 10.5. The van der Waals surface area contributed by atoms with Crippen LogP contribution in [0.1, 0.15) is 34.1 Å². The van der Waals surface area contributed by atoms with Crippen LogP contribution in [0, 0.1) is 5.92 Å². The monoisotopic (exact) mass is 215 g/mol. The highest BCUT2D eigenvalue weighted by Gasteiger charge is 2.32. The predicted molar refractivity (Wildman–Crippen MR) is 58.3 cm³/mol. The van der Waals surface area contributed by atoms with Gasteiger partial charge in [0.05, 0.1) is 7.11 Å². The van der Waals surface area contributed by atoms with Crippen molar-refractivity contribution in [1.82, 2.24) is 4.90 Å². The highest BCUT2D eigenvalue weighted by atomic mass is 16.5. The molecule has 4 heteroatoms. The predicted octanol–water partition coefficient (Wildman–Crippen LogP) is 1.44. The van der Waals surface area contributed by atoms with E-state index in [9.17, 15) is 9.59 Å². The van der Waals surface area contributed by atoms with Crippen LogP contribution in [0.3, 0.4) is 0 Å². The average Bonchev–Trinajstić information content (AvgIpc) is 2.15. The number of esters is 1. The Hall–Kier alpha value is -1.06. The lowest BCUT2D eigenvalue weighted by Crippen LogP contribution is -2.47. The SMILES string of the molecule is CCC(C(=O)OC)C(=O)N(C)C(C)(C)C. The number of hydrogen-bond donors (Lipinski definition) is 0. The van der Waals surface area contributed by atoms with Crippen molar-refractivity contribution in [2.75, 3.05) is 14.2 Å². The van der Waals surface area contributed by atoms with Crippen molar-refractivity contribution in [3.05, 3.63) is 0 Å². The molecule has 0 N–H and O–H groups in total. The third-order valence-electron chi connectivity index (χ3n) is 2.53. The van der Waals surface area contributed by atoms with Gasteiger partial charge in [0.25, 0.3) is 0 Å². The smallest absolute Gasteiger partial charge is 0.318 e. The number of ether oxygens (including phenoxy) is 1. The van der Waals surface area contributed by atoms with Crippen molar-refractivity contribution >= 4 is 11.9 Å². The van der Waals surface area contributed by atoms with Crippen LogP contribution in [0.25, 0.3) is 0 Å². The summed E-state index contributed by atoms with van der Waals surface area (Å²) in [5, 5.41) is 0. The van der Waals surface area contributed by atoms with Crippen molar-refractivity contribution in [3.8, 4) is 0 Å². The first-order valence-electron chi connectivity index (χ1n) is 5.11. The molecule has 88 valence electrons. The number of nitrogens with zero attached hydrogens (tertiary/aromatic N) is 1. The molecular formula is C11H21NO3. The molecule has 0 aliphatic rings. The minimum Gasteiger partial charge on any atom is -0.468 e. The number of methoxy groups -OCH3 is 1. The molecule has 0 saturated heterocycles. The summed E-state index contributed by atoms with van der Waals surface area (Å²) in [6.07, 6.45) is 0.464. The Kier molecular flexibility index (Phi) is 4.78. The van der Waals surface area contributed by atoms with E-state index in [0.717, 1.165) is 0 Å². The fourth-order valence-corrected chi connectivity index (χ4v) is 1.15. The van der Waals surface area contributed by atoms with E-state index in [0.29, 0.717) is 6.42 Å². The third-order valence-corrected chi connectivity index (χ3v) is 2.53. The maximum Gasteiger partial charge on any atom is 0.318 e. The molecule has 1 unspecified atom stereocenters. The molecule has 0 fully saturated rings. The van der Waals surface area contributed by atoms with Gasteiger partial charge in [-0.1, -0.05) is 6.92 Å². The standard InChI is InChI=1S/C11H21NO3/c1-7-8(10(14)15-6)9(13)12(5)11(2,3)4/h8H,7H2,1-6H3. The molecule has 0 radical (unpaired) electrons. The molecule has 1 amide bonds. The minimum atomic E-state index is -0.681. The fraction of sp³-hybridized carbons (Fsp3) is 0.818. The van der Waals surface area contributed by atoms with E-state index in [-0.39, 0.29) is 11.4 Å². The first-order valence-corrected chi connectivity index (χ1v) is 5.11. The lowest BCUT2D eigenvalue weighted by atomic mass is 10.0. The molecule has 0 aliphatic carbocycles. The van der Waals surface area contributed by atoms with Gasteiger partial charge in [0.15, 0.2) is 0 Å². The van der Waals surface area contributed by atoms with Gasteiger partial charge < -0.3 is 9.64 Å². The summed E-state index contributed by atoms with van der Waals surface area (Å²) in [5.74, 6) is -1.32. The topological polar surface area (TPSA) is 46.6 Å². The summed E-state index contributed by atoms with van der Waals surface area (Å²) in [7, 11) is 3.00. The Morgan fingerprint density at radius 3 is 2.07 bits per heavy atom. The number of hydrogen-bond acceptors (Lipinski definition) is 3. The first-order chi connectivity index (χ1) is 6.75. The van der Waals surface area contributed by atoms with Crippen LogP contribution >= 0.6 is 0 Å². The van der Waals surface area contributed by atoms with Gasteiger partial charge in [-0.2, -0.15) is 0 Å². The quantitative estimate of drug-likeness (QED) is 0.528. The summed E-state index contributed by atoms with van der Waals surface area (Å²) in [6, 6.07) is 0. The van der Waals surface area contributed by atoms with Crippen molar-refractivity contribution in [2.45, 2.75) is 39.7 Å². The Balaban J connectivity index is 4.74. The number of rotatable bonds is 3. The molecule has 0 heterocycles. The van der Waals surface area contributed by atoms with Crippen LogP contribution in [-0.2, 0) is 14.3 Å². The summed E-state index contributed by atoms with van der Waals surface area (Å²) >= 11 is 0. The maximum absolute atomic E-state index is 11.9. The molecule has 0 saturated carbocycles. The largest absolute Gasteiger partial charge is 0.468 e. The summed E-state index contributed by atoms with van der Waals surface area (Å²) in [4.78, 5) is 24.9. The molecule has 15 heavy (non-hydrogen) atoms. The van der Waals surface area contributed by atoms with Crippen LogP contribution in [0.4, 0.5) is 0 Å². The van der Waals surface area contributed by atoms with Crippen molar-refractivity contribution in [2.24, 2.45) is 5.92 Å². The Morgan fingerprint density at radius 1 is 1.33 bits per heavy atom. The van der Waals surface area contributed by atoms with Crippen LogP contribution in [-0.4, -0.2) is 36.5 Å². The third kappa shape index (κ3) is 3.53. The van der Waals surface area contributed by atoms with Gasteiger partial charge in [-0.3, -0.25) is 9.59 Å². The molecular weight excluding hydrogens is 194 g/mol. The Labute approximate surface area is 91.6 Å². The number of carbonyl (C=O) groups is 2. The first kappa shape index (κ1) is 13.9. The summed E-state index contributed by atoms with van der Waals surface area (Å²) in [5.41, 5.74) is -0.279. The summed E-state index contributed by atoms with van der Waals surface area (Å²) in [6.45, 7) is 7.58. The lowest BCUT2D eigenvalue weighted by molar-refractivity contribution is -0.155. The average molecular weight is 215 g/mol. The maximum atomic E-state index is 11.9. The van der Waals surface area contributed by atoms with E-state index in [2.05, 4.69) is 4.74 Å². The summed E-state index contributed by atoms with van der Waals surface area (Å²) < 4.78 is 4.60. The molecule has 0 rings (SSSR count). The molecule has 1 atom stereocenters. The second-order valence-corrected chi connectivity index (χ2v) is 4.55. The highest BCUT2D eigenvalue weighted by molar-refractivity contribution is 5.97. The second kappa shape index (κ2) is 5.14. The number of amides is 1. The van der Waals surface area contributed by atoms with E-state index in [1.807, 2.05) is 20.8 Å². The Morgan fingerprint density at radius 2 is 1.80 bits per heavy atom. The minimum absolute atomic E-state index is 0.183. The molecule has 0 aromatic heterocycles. The van der Waals surface area contributed by atoms with E-state index in [1.165, 1.54) is 7.11 Å². The molecule has 4 nitrogen and oxygen atoms in total. The van der Waals surface area contributed by atoms with Gasteiger partial charge in [-0.25, -0.2) is 0 Å². The number of carbonyl (C=O) groups excluding carboxylic acids is 2. The van der Waals surface area contributed by atoms with Gasteiger partial charge in [0, 0.05) is 12.6 Å². The van der Waals surface area contributed by atoms with Gasteiger partial charge >= 0.3 is 5.97 Å². The Bertz CT molecular complexity index is 243. The lowest BCUT2D eigenvalue weighted by Gasteiger charge is -2.33. The zero-order chi connectivity index (χ0) is 12.2. The van der Waals surface area contributed by atoms with E-state index >= 15 is 0 Å². The van der Waals surface area contributed by atoms with Crippen molar-refractivity contribution in [1.29, 1.82) is 0 Å². The molecule has 0 aliphatic heterocycles. The van der Waals surface area contributed by atoms with Crippen LogP contribution in [0.2, 0.25) is 0 Å². The van der Waals surface area contributed by atoms with Gasteiger partial charge in [-0.05, 0) is 27.2 Å². The van der Waals surface area contributed by atoms with E-state index in [4.69, 9.17) is 0 Å². The fourth-order valence-electron chi connectivity index (χ4n) is 1.15. The molecule has 0 spiro atoms. The molecule has 0 aromatic rings. The highest BCUT2D eigenvalue weighted by Crippen LogP contribution is 2.17. The second-order valence-electron chi connectivity index (χ2n) is 4.55. The van der Waals surface area contributed by atoms with E-state index < -0.39 is 11.9 Å². The van der Waals surface area contributed by atoms with Gasteiger partial charge in [0.2, 0.25) is 5.91 Å². The van der Waals surface area contributed by atoms with E-state index in [1.54, 1.807) is 18.9 Å².